The van der Waals surface area contributed by atoms with Crippen LogP contribution < -0.4 is 0 Å². The first-order valence-corrected chi connectivity index (χ1v) is 12.9. The van der Waals surface area contributed by atoms with E-state index in [2.05, 4.69) is 25.8 Å². The van der Waals surface area contributed by atoms with E-state index in [1.165, 1.54) is 4.90 Å². The average molecular weight is 495 g/mol. The van der Waals surface area contributed by atoms with Crippen LogP contribution >= 0.6 is 0 Å². The lowest BCUT2D eigenvalue weighted by Crippen LogP contribution is -2.43. The maximum absolute atomic E-state index is 12.1. The van der Waals surface area contributed by atoms with Crippen LogP contribution in [-0.4, -0.2) is 48.9 Å². The third kappa shape index (κ3) is 6.42. The number of imidazole rings is 1. The maximum atomic E-state index is 12.1. The predicted molar refractivity (Wildman–Crippen MR) is 138 cm³/mol. The van der Waals surface area contributed by atoms with Crippen molar-refractivity contribution >= 4 is 17.1 Å². The van der Waals surface area contributed by atoms with Gasteiger partial charge in [-0.05, 0) is 63.1 Å². The van der Waals surface area contributed by atoms with Crippen LogP contribution in [0.15, 0.2) is 29.0 Å². The van der Waals surface area contributed by atoms with E-state index in [9.17, 15) is 15.2 Å². The van der Waals surface area contributed by atoms with Crippen LogP contribution in [0.1, 0.15) is 77.6 Å². The minimum absolute atomic E-state index is 0.295. The molecule has 1 fully saturated rings. The van der Waals surface area contributed by atoms with Gasteiger partial charge in [-0.25, -0.2) is 9.78 Å². The van der Waals surface area contributed by atoms with Gasteiger partial charge in [-0.15, -0.1) is 0 Å². The molecule has 0 aliphatic heterocycles. The summed E-state index contributed by atoms with van der Waals surface area (Å²) in [5.74, 6) is 1.84. The average Bonchev–Trinajstić information content (AvgIpc) is 3.52. The van der Waals surface area contributed by atoms with E-state index in [-0.39, 0.29) is 0 Å². The maximum Gasteiger partial charge on any atom is 0.407 e. The summed E-state index contributed by atoms with van der Waals surface area (Å²) < 4.78 is 7.54. The molecule has 9 nitrogen and oxygen atoms in total. The number of hydrogen-bond donors (Lipinski definition) is 1. The second-order valence-electron chi connectivity index (χ2n) is 10.0. The smallest absolute Gasteiger partial charge is 0.407 e. The highest BCUT2D eigenvalue weighted by molar-refractivity contribution is 5.76. The van der Waals surface area contributed by atoms with Gasteiger partial charge in [-0.1, -0.05) is 32.3 Å². The summed E-state index contributed by atoms with van der Waals surface area (Å²) in [6, 6.07) is 7.75. The Balaban J connectivity index is 0.00000176. The van der Waals surface area contributed by atoms with Gasteiger partial charge in [-0.3, -0.25) is 0 Å². The highest BCUT2D eigenvalue weighted by atomic mass is 16.5. The molecule has 36 heavy (non-hydrogen) atoms. The van der Waals surface area contributed by atoms with E-state index in [0.717, 1.165) is 43.3 Å². The normalized spacial score (nSPS) is 17.8. The van der Waals surface area contributed by atoms with Crippen molar-refractivity contribution in [1.82, 2.24) is 24.6 Å². The molecule has 1 saturated carbocycles. The SMILES string of the molecule is CC.CCc1noc(C(C)(C)CN(CC2CCCC(Cn3cnc4ccc(C#N)cc43)C2)C(=O)O)n1. The van der Waals surface area contributed by atoms with Gasteiger partial charge in [0, 0.05) is 26.1 Å². The molecule has 0 saturated heterocycles. The topological polar surface area (TPSA) is 121 Å². The fourth-order valence-corrected chi connectivity index (χ4v) is 5.02. The van der Waals surface area contributed by atoms with Crippen LogP contribution in [0.2, 0.25) is 0 Å². The number of nitrogens with zero attached hydrogens (tertiary/aromatic N) is 6. The van der Waals surface area contributed by atoms with Crippen molar-refractivity contribution in [3.63, 3.8) is 0 Å². The molecule has 1 aliphatic carbocycles. The molecule has 2 heterocycles. The molecule has 4 rings (SSSR count). The van der Waals surface area contributed by atoms with E-state index in [4.69, 9.17) is 4.52 Å². The van der Waals surface area contributed by atoms with E-state index >= 15 is 0 Å². The van der Waals surface area contributed by atoms with Gasteiger partial charge >= 0.3 is 6.09 Å². The number of amides is 1. The molecular formula is C27H38N6O3. The molecule has 9 heteroatoms. The van der Waals surface area contributed by atoms with Crippen LogP contribution in [0, 0.1) is 23.2 Å². The van der Waals surface area contributed by atoms with Crippen molar-refractivity contribution in [2.75, 3.05) is 13.1 Å². The lowest BCUT2D eigenvalue weighted by Gasteiger charge is -2.35. The molecule has 1 amide bonds. The number of rotatable bonds is 8. The molecule has 1 N–H and O–H groups in total. The lowest BCUT2D eigenvalue weighted by atomic mass is 9.80. The first-order chi connectivity index (χ1) is 17.3. The highest BCUT2D eigenvalue weighted by Crippen LogP contribution is 2.33. The second-order valence-corrected chi connectivity index (χ2v) is 10.0. The van der Waals surface area contributed by atoms with Crippen LogP contribution in [-0.2, 0) is 18.4 Å². The zero-order valence-corrected chi connectivity index (χ0v) is 22.1. The van der Waals surface area contributed by atoms with E-state index in [1.807, 2.05) is 53.1 Å². The predicted octanol–water partition coefficient (Wildman–Crippen LogP) is 5.64. The molecule has 1 aromatic carbocycles. The van der Waals surface area contributed by atoms with Crippen molar-refractivity contribution in [3.8, 4) is 6.07 Å². The molecule has 194 valence electrons. The summed E-state index contributed by atoms with van der Waals surface area (Å²) in [6.07, 6.45) is 5.76. The summed E-state index contributed by atoms with van der Waals surface area (Å²) in [6.45, 7) is 11.5. The van der Waals surface area contributed by atoms with Crippen molar-refractivity contribution in [2.45, 2.75) is 78.7 Å². The first kappa shape index (κ1) is 27.2. The molecule has 2 atom stereocenters. The van der Waals surface area contributed by atoms with Gasteiger partial charge in [0.2, 0.25) is 5.89 Å². The van der Waals surface area contributed by atoms with Crippen LogP contribution in [0.25, 0.3) is 11.0 Å². The molecule has 1 aliphatic rings. The summed E-state index contributed by atoms with van der Waals surface area (Å²) in [5, 5.41) is 23.1. The Morgan fingerprint density at radius 3 is 2.72 bits per heavy atom. The molecule has 2 unspecified atom stereocenters. The van der Waals surface area contributed by atoms with Crippen LogP contribution in [0.3, 0.4) is 0 Å². The third-order valence-corrected chi connectivity index (χ3v) is 6.79. The number of nitriles is 1. The third-order valence-electron chi connectivity index (χ3n) is 6.79. The number of hydrogen-bond acceptors (Lipinski definition) is 6. The lowest BCUT2D eigenvalue weighted by molar-refractivity contribution is 0.108. The van der Waals surface area contributed by atoms with Crippen molar-refractivity contribution in [3.05, 3.63) is 41.8 Å². The molecule has 0 bridgehead atoms. The van der Waals surface area contributed by atoms with E-state index in [1.54, 1.807) is 6.07 Å². The van der Waals surface area contributed by atoms with Crippen molar-refractivity contribution in [2.24, 2.45) is 11.8 Å². The molecular weight excluding hydrogens is 456 g/mol. The Bertz CT molecular complexity index is 1190. The summed E-state index contributed by atoms with van der Waals surface area (Å²) in [4.78, 5) is 22.5. The number of carbonyl (C=O) groups is 1. The number of carboxylic acid groups (broad SMARTS) is 1. The van der Waals surface area contributed by atoms with Gasteiger partial charge in [0.05, 0.1) is 34.4 Å². The van der Waals surface area contributed by atoms with Gasteiger partial charge < -0.3 is 19.1 Å². The quantitative estimate of drug-likeness (QED) is 0.430. The number of aromatic nitrogens is 4. The highest BCUT2D eigenvalue weighted by Gasteiger charge is 2.34. The zero-order chi connectivity index (χ0) is 26.3. The number of benzene rings is 1. The standard InChI is InChI=1S/C25H32N6O3.C2H6/c1-4-22-28-23(34-29-22)25(2,3)15-30(24(32)33)13-18-6-5-7-19(10-18)14-31-16-27-20-9-8-17(12-26)11-21(20)31;1-2/h8-9,11,16,18-19H,4-7,10,13-15H2,1-3H3,(H,32,33);1-2H3. The van der Waals surface area contributed by atoms with Crippen molar-refractivity contribution < 1.29 is 14.4 Å². The molecule has 2 aromatic heterocycles. The van der Waals surface area contributed by atoms with Gasteiger partial charge in [0.1, 0.15) is 0 Å². The van der Waals surface area contributed by atoms with Gasteiger partial charge in [-0.2, -0.15) is 10.2 Å². The van der Waals surface area contributed by atoms with E-state index < -0.39 is 11.5 Å². The fourth-order valence-electron chi connectivity index (χ4n) is 5.02. The molecule has 0 radical (unpaired) electrons. The zero-order valence-electron chi connectivity index (χ0n) is 22.1. The summed E-state index contributed by atoms with van der Waals surface area (Å²) in [7, 11) is 0. The minimum Gasteiger partial charge on any atom is -0.465 e. The Morgan fingerprint density at radius 2 is 2.06 bits per heavy atom. The van der Waals surface area contributed by atoms with Gasteiger partial charge in [0.15, 0.2) is 5.82 Å². The summed E-state index contributed by atoms with van der Waals surface area (Å²) >= 11 is 0. The minimum atomic E-state index is -0.921. The van der Waals surface area contributed by atoms with E-state index in [0.29, 0.717) is 48.6 Å². The van der Waals surface area contributed by atoms with Crippen LogP contribution in [0.4, 0.5) is 4.79 Å². The number of aryl methyl sites for hydroxylation is 1. The molecule has 3 aromatic rings. The molecule has 0 spiro atoms. The monoisotopic (exact) mass is 494 g/mol. The number of fused-ring (bicyclic) bond motifs is 1. The fraction of sp³-hybridized carbons (Fsp3) is 0.593. The second kappa shape index (κ2) is 12.0. The van der Waals surface area contributed by atoms with Crippen molar-refractivity contribution in [1.29, 1.82) is 5.26 Å². The Kier molecular flexibility index (Phi) is 9.08. The first-order valence-electron chi connectivity index (χ1n) is 12.9. The Hall–Kier alpha value is -3.41. The Labute approximate surface area is 213 Å². The Morgan fingerprint density at radius 1 is 1.31 bits per heavy atom. The summed E-state index contributed by atoms with van der Waals surface area (Å²) in [5.41, 5.74) is 1.92. The van der Waals surface area contributed by atoms with Gasteiger partial charge in [0.25, 0.3) is 0 Å². The largest absolute Gasteiger partial charge is 0.465 e. The van der Waals surface area contributed by atoms with Crippen LogP contribution in [0.5, 0.6) is 0 Å².